The highest BCUT2D eigenvalue weighted by Gasteiger charge is 2.23. The lowest BCUT2D eigenvalue weighted by Crippen LogP contribution is -2.31. The van der Waals surface area contributed by atoms with E-state index in [-0.39, 0.29) is 6.79 Å². The van der Waals surface area contributed by atoms with Crippen LogP contribution in [0.4, 0.5) is 5.95 Å². The Hall–Kier alpha value is -2.87. The van der Waals surface area contributed by atoms with Gasteiger partial charge in [-0.3, -0.25) is 4.57 Å². The maximum atomic E-state index is 5.65. The first kappa shape index (κ1) is 19.1. The second-order valence-electron chi connectivity index (χ2n) is 7.31. The van der Waals surface area contributed by atoms with E-state index in [9.17, 15) is 0 Å². The number of benzene rings is 2. The van der Waals surface area contributed by atoms with Crippen molar-refractivity contribution in [1.29, 1.82) is 0 Å². The van der Waals surface area contributed by atoms with Crippen LogP contribution in [0.1, 0.15) is 24.8 Å². The van der Waals surface area contributed by atoms with E-state index in [1.165, 1.54) is 19.3 Å². The summed E-state index contributed by atoms with van der Waals surface area (Å²) in [5.74, 6) is 4.04. The van der Waals surface area contributed by atoms with E-state index >= 15 is 0 Å². The number of methoxy groups -OCH3 is 1. The number of thioether (sulfide) groups is 1. The van der Waals surface area contributed by atoms with Crippen molar-refractivity contribution in [3.8, 4) is 22.9 Å². The zero-order chi connectivity index (χ0) is 20.3. The van der Waals surface area contributed by atoms with Crippen LogP contribution >= 0.6 is 11.8 Å². The number of piperidine rings is 1. The predicted octanol–water partition coefficient (Wildman–Crippen LogP) is 4.29. The van der Waals surface area contributed by atoms with E-state index in [4.69, 9.17) is 14.2 Å². The molecule has 0 amide bonds. The van der Waals surface area contributed by atoms with Crippen molar-refractivity contribution in [3.63, 3.8) is 0 Å². The van der Waals surface area contributed by atoms with E-state index in [1.807, 2.05) is 30.3 Å². The summed E-state index contributed by atoms with van der Waals surface area (Å²) in [6.45, 7) is 2.29. The largest absolute Gasteiger partial charge is 0.495 e. The Morgan fingerprint density at radius 1 is 1.00 bits per heavy atom. The lowest BCUT2D eigenvalue weighted by Gasteiger charge is -2.28. The molecule has 0 bridgehead atoms. The van der Waals surface area contributed by atoms with Crippen molar-refractivity contribution in [1.82, 2.24) is 14.8 Å². The first-order valence-electron chi connectivity index (χ1n) is 10.2. The van der Waals surface area contributed by atoms with Gasteiger partial charge >= 0.3 is 0 Å². The number of anilines is 1. The van der Waals surface area contributed by atoms with Gasteiger partial charge in [0, 0.05) is 18.8 Å². The molecule has 156 valence electrons. The van der Waals surface area contributed by atoms with Crippen LogP contribution in [-0.4, -0.2) is 41.8 Å². The van der Waals surface area contributed by atoms with Crippen LogP contribution in [0, 0.1) is 0 Å². The molecule has 5 rings (SSSR count). The van der Waals surface area contributed by atoms with Gasteiger partial charge in [0.1, 0.15) is 5.75 Å². The number of para-hydroxylation sites is 2. The summed E-state index contributed by atoms with van der Waals surface area (Å²) in [5.41, 5.74) is 2.11. The Labute approximate surface area is 180 Å². The Morgan fingerprint density at radius 3 is 2.70 bits per heavy atom. The first-order chi connectivity index (χ1) is 14.8. The molecule has 2 aliphatic rings. The summed E-state index contributed by atoms with van der Waals surface area (Å²) in [4.78, 5) is 2.33. The summed E-state index contributed by atoms with van der Waals surface area (Å²) in [6.07, 6.45) is 3.63. The molecular weight excluding hydrogens is 400 g/mol. The average Bonchev–Trinajstić information content (AvgIpc) is 3.44. The van der Waals surface area contributed by atoms with E-state index in [1.54, 1.807) is 18.9 Å². The van der Waals surface area contributed by atoms with Crippen LogP contribution in [0.2, 0.25) is 0 Å². The smallest absolute Gasteiger partial charge is 0.232 e. The first-order valence-corrected chi connectivity index (χ1v) is 11.2. The monoisotopic (exact) mass is 424 g/mol. The van der Waals surface area contributed by atoms with Crippen molar-refractivity contribution < 1.29 is 14.2 Å². The summed E-state index contributed by atoms with van der Waals surface area (Å²) >= 11 is 1.66. The van der Waals surface area contributed by atoms with Crippen LogP contribution < -0.4 is 19.1 Å². The fraction of sp³-hybridized carbons (Fsp3) is 0.364. The van der Waals surface area contributed by atoms with Crippen molar-refractivity contribution in [3.05, 3.63) is 48.0 Å². The van der Waals surface area contributed by atoms with Crippen LogP contribution in [0.25, 0.3) is 5.69 Å². The Balaban J connectivity index is 1.47. The van der Waals surface area contributed by atoms with E-state index in [0.29, 0.717) is 0 Å². The summed E-state index contributed by atoms with van der Waals surface area (Å²) in [6, 6.07) is 14.1. The minimum absolute atomic E-state index is 0.285. The van der Waals surface area contributed by atoms with E-state index in [0.717, 1.165) is 58.4 Å². The van der Waals surface area contributed by atoms with Gasteiger partial charge in [-0.15, -0.1) is 10.2 Å². The van der Waals surface area contributed by atoms with E-state index < -0.39 is 0 Å². The van der Waals surface area contributed by atoms with Gasteiger partial charge in [0.05, 0.1) is 12.8 Å². The SMILES string of the molecule is COc1ccccc1-n1c(SCc2ccc3c(c2)OCO3)nnc1N1CCCCC1. The lowest BCUT2D eigenvalue weighted by molar-refractivity contribution is 0.174. The van der Waals surface area contributed by atoms with Gasteiger partial charge in [0.25, 0.3) is 0 Å². The highest BCUT2D eigenvalue weighted by molar-refractivity contribution is 7.98. The number of nitrogens with zero attached hydrogens (tertiary/aromatic N) is 4. The Bertz CT molecular complexity index is 1030. The number of hydrogen-bond donors (Lipinski definition) is 0. The molecule has 8 heteroatoms. The van der Waals surface area contributed by atoms with Gasteiger partial charge in [0.2, 0.25) is 12.7 Å². The third-order valence-electron chi connectivity index (χ3n) is 5.39. The molecule has 0 atom stereocenters. The minimum atomic E-state index is 0.285. The maximum Gasteiger partial charge on any atom is 0.232 e. The summed E-state index contributed by atoms with van der Waals surface area (Å²) in [7, 11) is 1.70. The molecule has 2 aliphatic heterocycles. The van der Waals surface area contributed by atoms with Crippen LogP contribution in [-0.2, 0) is 5.75 Å². The zero-order valence-corrected chi connectivity index (χ0v) is 17.7. The van der Waals surface area contributed by atoms with Crippen LogP contribution in [0.3, 0.4) is 0 Å². The molecule has 0 aliphatic carbocycles. The zero-order valence-electron chi connectivity index (χ0n) is 16.9. The van der Waals surface area contributed by atoms with Crippen molar-refractivity contribution in [2.75, 3.05) is 31.9 Å². The molecule has 0 saturated carbocycles. The molecule has 0 unspecified atom stereocenters. The molecule has 0 radical (unpaired) electrons. The van der Waals surface area contributed by atoms with Crippen molar-refractivity contribution in [2.45, 2.75) is 30.2 Å². The molecule has 0 spiro atoms. The molecule has 2 aromatic carbocycles. The molecule has 1 aromatic heterocycles. The number of ether oxygens (including phenoxy) is 3. The third-order valence-corrected chi connectivity index (χ3v) is 6.39. The summed E-state index contributed by atoms with van der Waals surface area (Å²) < 4.78 is 18.7. The maximum absolute atomic E-state index is 5.65. The lowest BCUT2D eigenvalue weighted by atomic mass is 10.1. The van der Waals surface area contributed by atoms with Gasteiger partial charge in [-0.05, 0) is 49.1 Å². The Morgan fingerprint density at radius 2 is 1.83 bits per heavy atom. The minimum Gasteiger partial charge on any atom is -0.495 e. The van der Waals surface area contributed by atoms with Gasteiger partial charge in [-0.1, -0.05) is 30.0 Å². The number of hydrogen-bond acceptors (Lipinski definition) is 7. The van der Waals surface area contributed by atoms with Crippen LogP contribution in [0.5, 0.6) is 17.2 Å². The fourth-order valence-electron chi connectivity index (χ4n) is 3.86. The molecule has 7 nitrogen and oxygen atoms in total. The molecule has 3 aromatic rings. The number of fused-ring (bicyclic) bond motifs is 1. The van der Waals surface area contributed by atoms with Crippen molar-refractivity contribution >= 4 is 17.7 Å². The number of rotatable bonds is 6. The van der Waals surface area contributed by atoms with Gasteiger partial charge in [-0.2, -0.15) is 0 Å². The summed E-state index contributed by atoms with van der Waals surface area (Å²) in [5, 5.41) is 9.98. The molecule has 3 heterocycles. The van der Waals surface area contributed by atoms with E-state index in [2.05, 4.69) is 31.8 Å². The topological polar surface area (TPSA) is 61.6 Å². The van der Waals surface area contributed by atoms with Crippen LogP contribution in [0.15, 0.2) is 47.6 Å². The Kier molecular flexibility index (Phi) is 5.40. The highest BCUT2D eigenvalue weighted by Crippen LogP contribution is 2.36. The molecule has 30 heavy (non-hydrogen) atoms. The fourth-order valence-corrected chi connectivity index (χ4v) is 4.74. The normalized spacial score (nSPS) is 15.4. The molecule has 1 fully saturated rings. The average molecular weight is 425 g/mol. The van der Waals surface area contributed by atoms with Gasteiger partial charge in [0.15, 0.2) is 16.7 Å². The molecule has 1 saturated heterocycles. The molecule has 0 N–H and O–H groups in total. The predicted molar refractivity (Wildman–Crippen MR) is 116 cm³/mol. The second-order valence-corrected chi connectivity index (χ2v) is 8.26. The van der Waals surface area contributed by atoms with Gasteiger partial charge in [-0.25, -0.2) is 0 Å². The van der Waals surface area contributed by atoms with Crippen molar-refractivity contribution in [2.24, 2.45) is 0 Å². The standard InChI is InChI=1S/C22H24N4O3S/c1-27-18-8-4-3-7-17(18)26-21(25-11-5-2-6-12-25)23-24-22(26)30-14-16-9-10-19-20(13-16)29-15-28-19/h3-4,7-10,13H,2,5-6,11-12,14-15H2,1H3. The highest BCUT2D eigenvalue weighted by atomic mass is 32.2. The second kappa shape index (κ2) is 8.47. The third kappa shape index (κ3) is 3.67. The molecular formula is C22H24N4O3S. The van der Waals surface area contributed by atoms with Gasteiger partial charge < -0.3 is 19.1 Å². The quantitative estimate of drug-likeness (QED) is 0.547. The number of aromatic nitrogens is 3.